The highest BCUT2D eigenvalue weighted by atomic mass is 32.2. The highest BCUT2D eigenvalue weighted by Gasteiger charge is 2.38. The highest BCUT2D eigenvalue weighted by molar-refractivity contribution is 7.91. The molecule has 0 saturated carbocycles. The number of sulfonamides is 1. The number of benzene rings is 1. The second-order valence-electron chi connectivity index (χ2n) is 6.54. The third-order valence-corrected chi connectivity index (χ3v) is 8.29. The Morgan fingerprint density at radius 3 is 2.31 bits per heavy atom. The largest absolute Gasteiger partial charge is 0.493 e. The zero-order valence-electron chi connectivity index (χ0n) is 16.4. The molecular weight excluding hydrogens is 412 g/mol. The fraction of sp³-hybridized carbons (Fsp3) is 0.300. The number of methoxy groups -OCH3 is 3. The van der Waals surface area contributed by atoms with Gasteiger partial charge in [0.1, 0.15) is 4.21 Å². The van der Waals surface area contributed by atoms with Crippen LogP contribution in [0.1, 0.15) is 17.3 Å². The van der Waals surface area contributed by atoms with Gasteiger partial charge in [0, 0.05) is 25.0 Å². The number of rotatable bonds is 6. The molecule has 29 heavy (non-hydrogen) atoms. The molecule has 1 aliphatic heterocycles. The first-order chi connectivity index (χ1) is 14.0. The molecule has 1 atom stereocenters. The molecule has 0 radical (unpaired) electrons. The quantitative estimate of drug-likeness (QED) is 0.595. The van der Waals surface area contributed by atoms with Gasteiger partial charge in [0.05, 0.1) is 27.4 Å². The lowest BCUT2D eigenvalue weighted by Gasteiger charge is -2.36. The molecule has 3 heterocycles. The average molecular weight is 435 g/mol. The third kappa shape index (κ3) is 3.29. The van der Waals surface area contributed by atoms with Crippen molar-refractivity contribution >= 4 is 21.4 Å². The van der Waals surface area contributed by atoms with E-state index in [1.54, 1.807) is 43.1 Å². The van der Waals surface area contributed by atoms with Gasteiger partial charge in [-0.2, -0.15) is 4.31 Å². The van der Waals surface area contributed by atoms with Crippen molar-refractivity contribution in [3.63, 3.8) is 0 Å². The van der Waals surface area contributed by atoms with Crippen molar-refractivity contribution in [1.82, 2.24) is 8.87 Å². The molecule has 0 amide bonds. The van der Waals surface area contributed by atoms with Crippen LogP contribution in [-0.4, -0.2) is 45.2 Å². The SMILES string of the molecule is COc1cc(C2c3cccn3CCN2S(=O)(=O)c2cccs2)cc(OC)c1OC. The molecule has 0 spiro atoms. The molecule has 0 fully saturated rings. The van der Waals surface area contributed by atoms with Gasteiger partial charge in [0.2, 0.25) is 5.75 Å². The maximum Gasteiger partial charge on any atom is 0.253 e. The number of hydrogen-bond donors (Lipinski definition) is 0. The van der Waals surface area contributed by atoms with Gasteiger partial charge in [0.25, 0.3) is 10.0 Å². The summed E-state index contributed by atoms with van der Waals surface area (Å²) in [6.07, 6.45) is 1.97. The lowest BCUT2D eigenvalue weighted by Crippen LogP contribution is -2.42. The van der Waals surface area contributed by atoms with Crippen LogP contribution < -0.4 is 14.2 Å². The number of hydrogen-bond acceptors (Lipinski definition) is 6. The first-order valence-electron chi connectivity index (χ1n) is 9.01. The summed E-state index contributed by atoms with van der Waals surface area (Å²) in [6, 6.07) is 10.4. The number of nitrogens with zero attached hydrogens (tertiary/aromatic N) is 2. The minimum atomic E-state index is -3.67. The van der Waals surface area contributed by atoms with Crippen LogP contribution in [0, 0.1) is 0 Å². The minimum absolute atomic E-state index is 0.329. The second-order valence-corrected chi connectivity index (χ2v) is 9.60. The van der Waals surface area contributed by atoms with E-state index in [1.807, 2.05) is 30.5 Å². The highest BCUT2D eigenvalue weighted by Crippen LogP contribution is 2.44. The van der Waals surface area contributed by atoms with Gasteiger partial charge in [-0.05, 0) is 41.3 Å². The van der Waals surface area contributed by atoms with Gasteiger partial charge in [-0.3, -0.25) is 0 Å². The minimum Gasteiger partial charge on any atom is -0.493 e. The first kappa shape index (κ1) is 19.8. The Labute approximate surface area is 174 Å². The van der Waals surface area contributed by atoms with Crippen molar-refractivity contribution < 1.29 is 22.6 Å². The van der Waals surface area contributed by atoms with Gasteiger partial charge in [-0.1, -0.05) is 6.07 Å². The van der Waals surface area contributed by atoms with E-state index in [1.165, 1.54) is 11.3 Å². The molecule has 0 saturated heterocycles. The molecular formula is C20H22N2O5S2. The lowest BCUT2D eigenvalue weighted by molar-refractivity contribution is 0.293. The Morgan fingerprint density at radius 1 is 1.00 bits per heavy atom. The summed E-state index contributed by atoms with van der Waals surface area (Å²) in [7, 11) is 0.968. The van der Waals surface area contributed by atoms with Crippen molar-refractivity contribution in [1.29, 1.82) is 0 Å². The monoisotopic (exact) mass is 434 g/mol. The van der Waals surface area contributed by atoms with Crippen molar-refractivity contribution in [2.24, 2.45) is 0 Å². The normalized spacial score (nSPS) is 17.0. The molecule has 4 rings (SSSR count). The van der Waals surface area contributed by atoms with Gasteiger partial charge in [-0.15, -0.1) is 11.3 Å². The fourth-order valence-electron chi connectivity index (χ4n) is 3.74. The van der Waals surface area contributed by atoms with E-state index in [4.69, 9.17) is 14.2 Å². The Balaban J connectivity index is 1.91. The van der Waals surface area contributed by atoms with Gasteiger partial charge >= 0.3 is 0 Å². The molecule has 1 aromatic carbocycles. The Bertz CT molecular complexity index is 1080. The number of ether oxygens (including phenoxy) is 3. The van der Waals surface area contributed by atoms with E-state index in [0.29, 0.717) is 34.5 Å². The maximum atomic E-state index is 13.4. The molecule has 154 valence electrons. The summed E-state index contributed by atoms with van der Waals surface area (Å²) in [6.45, 7) is 0.955. The Hall–Kier alpha value is -2.49. The third-order valence-electron chi connectivity index (χ3n) is 5.05. The standard InChI is InChI=1S/C20H22N2O5S2/c1-25-16-12-14(13-17(26-2)20(16)27-3)19-15-6-4-8-21(15)9-10-22(19)29(23,24)18-7-5-11-28-18/h4-8,11-13,19H,9-10H2,1-3H3. The Morgan fingerprint density at radius 2 is 1.72 bits per heavy atom. The van der Waals surface area contributed by atoms with Crippen molar-refractivity contribution in [3.8, 4) is 17.2 Å². The number of aromatic nitrogens is 1. The van der Waals surface area contributed by atoms with E-state index in [0.717, 1.165) is 11.3 Å². The van der Waals surface area contributed by atoms with Crippen LogP contribution in [-0.2, 0) is 16.6 Å². The average Bonchev–Trinajstić information content (AvgIpc) is 3.43. The van der Waals surface area contributed by atoms with Crippen LogP contribution in [0.2, 0.25) is 0 Å². The maximum absolute atomic E-state index is 13.4. The summed E-state index contributed by atoms with van der Waals surface area (Å²) in [4.78, 5) is 0. The predicted octanol–water partition coefficient (Wildman–Crippen LogP) is 3.37. The Kier molecular flexibility index (Phi) is 5.28. The van der Waals surface area contributed by atoms with E-state index < -0.39 is 16.1 Å². The topological polar surface area (TPSA) is 70.0 Å². The van der Waals surface area contributed by atoms with Crippen LogP contribution in [0.5, 0.6) is 17.2 Å². The van der Waals surface area contributed by atoms with E-state index in [-0.39, 0.29) is 0 Å². The van der Waals surface area contributed by atoms with Crippen LogP contribution in [0.25, 0.3) is 0 Å². The molecule has 1 aliphatic rings. The molecule has 0 aliphatic carbocycles. The number of fused-ring (bicyclic) bond motifs is 1. The van der Waals surface area contributed by atoms with Crippen LogP contribution in [0.3, 0.4) is 0 Å². The van der Waals surface area contributed by atoms with Gasteiger partial charge in [-0.25, -0.2) is 8.42 Å². The molecule has 3 aromatic rings. The van der Waals surface area contributed by atoms with E-state index in [2.05, 4.69) is 4.57 Å². The van der Waals surface area contributed by atoms with Gasteiger partial charge in [0.15, 0.2) is 11.5 Å². The van der Waals surface area contributed by atoms with Crippen LogP contribution in [0.15, 0.2) is 52.2 Å². The summed E-state index contributed by atoms with van der Waals surface area (Å²) < 4.78 is 47.2. The second kappa shape index (κ2) is 7.74. The molecule has 0 bridgehead atoms. The predicted molar refractivity (Wildman–Crippen MR) is 111 cm³/mol. The molecule has 7 nitrogen and oxygen atoms in total. The molecule has 2 aromatic heterocycles. The van der Waals surface area contributed by atoms with Crippen molar-refractivity contribution in [2.45, 2.75) is 16.8 Å². The summed E-state index contributed by atoms with van der Waals surface area (Å²) in [5, 5.41) is 1.77. The van der Waals surface area contributed by atoms with Crippen molar-refractivity contribution in [2.75, 3.05) is 27.9 Å². The fourth-order valence-corrected chi connectivity index (χ4v) is 6.44. The zero-order valence-corrected chi connectivity index (χ0v) is 18.0. The summed E-state index contributed by atoms with van der Waals surface area (Å²) >= 11 is 1.22. The van der Waals surface area contributed by atoms with E-state index >= 15 is 0 Å². The summed E-state index contributed by atoms with van der Waals surface area (Å²) in [5.41, 5.74) is 1.64. The lowest BCUT2D eigenvalue weighted by atomic mass is 10.0. The van der Waals surface area contributed by atoms with Gasteiger partial charge < -0.3 is 18.8 Å². The van der Waals surface area contributed by atoms with Crippen molar-refractivity contribution in [3.05, 3.63) is 59.2 Å². The van der Waals surface area contributed by atoms with Crippen LogP contribution >= 0.6 is 11.3 Å². The molecule has 1 unspecified atom stereocenters. The van der Waals surface area contributed by atoms with Crippen LogP contribution in [0.4, 0.5) is 0 Å². The molecule has 0 N–H and O–H groups in total. The zero-order chi connectivity index (χ0) is 20.6. The first-order valence-corrected chi connectivity index (χ1v) is 11.3. The molecule has 9 heteroatoms. The van der Waals surface area contributed by atoms with E-state index in [9.17, 15) is 8.42 Å². The number of thiophene rings is 1. The smallest absolute Gasteiger partial charge is 0.253 e. The summed E-state index contributed by atoms with van der Waals surface area (Å²) in [5.74, 6) is 1.44.